The summed E-state index contributed by atoms with van der Waals surface area (Å²) in [5.41, 5.74) is 4.00. The topological polar surface area (TPSA) is 56.1 Å². The second-order valence-electron chi connectivity index (χ2n) is 6.84. The molecule has 3 aromatic rings. The van der Waals surface area contributed by atoms with E-state index in [4.69, 9.17) is 4.74 Å². The number of hydrogen-bond acceptors (Lipinski definition) is 4. The van der Waals surface area contributed by atoms with Crippen LogP contribution in [0.5, 0.6) is 0 Å². The van der Waals surface area contributed by atoms with Gasteiger partial charge in [-0.05, 0) is 56.7 Å². The van der Waals surface area contributed by atoms with Crippen LogP contribution in [-0.4, -0.2) is 28.7 Å². The summed E-state index contributed by atoms with van der Waals surface area (Å²) in [4.78, 5) is 19.0. The Balaban J connectivity index is 1.59. The zero-order valence-electron chi connectivity index (χ0n) is 15.7. The predicted molar refractivity (Wildman–Crippen MR) is 110 cm³/mol. The summed E-state index contributed by atoms with van der Waals surface area (Å²) < 4.78 is 7.55. The van der Waals surface area contributed by atoms with Crippen LogP contribution in [0, 0.1) is 0 Å². The zero-order valence-corrected chi connectivity index (χ0v) is 16.5. The molecule has 0 bridgehead atoms. The number of aryl methyl sites for hydroxylation is 2. The lowest BCUT2D eigenvalue weighted by molar-refractivity contribution is 0.102. The Bertz CT molecular complexity index is 944. The summed E-state index contributed by atoms with van der Waals surface area (Å²) >= 11 is 1.71. The molecule has 4 rings (SSSR count). The number of carbonyl (C=O) groups excluding carboxylic acids is 1. The van der Waals surface area contributed by atoms with Crippen LogP contribution in [0.15, 0.2) is 29.6 Å². The average molecular weight is 384 g/mol. The normalized spacial score (nSPS) is 13.7. The maximum Gasteiger partial charge on any atom is 0.259 e. The lowest BCUT2D eigenvalue weighted by Crippen LogP contribution is -2.18. The second-order valence-corrected chi connectivity index (χ2v) is 7.80. The van der Waals surface area contributed by atoms with E-state index in [1.807, 2.05) is 36.6 Å². The number of nitrogens with one attached hydrogen (secondary N) is 1. The van der Waals surface area contributed by atoms with Gasteiger partial charge in [-0.2, -0.15) is 0 Å². The number of imidazole rings is 1. The van der Waals surface area contributed by atoms with E-state index in [9.17, 15) is 4.79 Å². The van der Waals surface area contributed by atoms with E-state index in [1.165, 1.54) is 23.3 Å². The predicted octanol–water partition coefficient (Wildman–Crippen LogP) is 4.66. The van der Waals surface area contributed by atoms with Crippen LogP contribution in [0.3, 0.4) is 0 Å². The largest absolute Gasteiger partial charge is 0.382 e. The number of anilines is 1. The molecule has 0 unspecified atom stereocenters. The van der Waals surface area contributed by atoms with Gasteiger partial charge in [0.15, 0.2) is 0 Å². The molecule has 1 aliphatic rings. The van der Waals surface area contributed by atoms with Crippen molar-refractivity contribution in [1.29, 1.82) is 0 Å². The molecule has 0 aliphatic heterocycles. The molecule has 1 amide bonds. The monoisotopic (exact) mass is 383 g/mol. The highest BCUT2D eigenvalue weighted by molar-refractivity contribution is 7.10. The number of rotatable bonds is 7. The third kappa shape index (κ3) is 3.77. The van der Waals surface area contributed by atoms with E-state index in [0.717, 1.165) is 49.0 Å². The number of amides is 1. The van der Waals surface area contributed by atoms with Crippen LogP contribution in [-0.2, 0) is 24.1 Å². The minimum Gasteiger partial charge on any atom is -0.382 e. The van der Waals surface area contributed by atoms with Crippen molar-refractivity contribution in [3.05, 3.63) is 45.6 Å². The Labute approximate surface area is 163 Å². The SMILES string of the molecule is CCOCCCn1c(NC(=O)c2csc3c2CCCC3)nc2ccccc21. The molecular formula is C21H25N3O2S. The van der Waals surface area contributed by atoms with Crippen LogP contribution in [0.25, 0.3) is 11.0 Å². The molecule has 0 atom stereocenters. The second kappa shape index (κ2) is 8.23. The van der Waals surface area contributed by atoms with E-state index >= 15 is 0 Å². The highest BCUT2D eigenvalue weighted by Gasteiger charge is 2.21. The fourth-order valence-corrected chi connectivity index (χ4v) is 4.85. The standard InChI is InChI=1S/C21H25N3O2S/c1-2-26-13-7-12-24-18-10-5-4-9-17(18)22-21(24)23-20(25)16-14-27-19-11-6-3-8-15(16)19/h4-5,9-10,14H,2-3,6-8,11-13H2,1H3,(H,22,23,25). The van der Waals surface area contributed by atoms with Gasteiger partial charge in [-0.25, -0.2) is 4.98 Å². The average Bonchev–Trinajstić information content (AvgIpc) is 3.27. The molecule has 1 aromatic carbocycles. The molecule has 1 aliphatic carbocycles. The molecule has 27 heavy (non-hydrogen) atoms. The van der Waals surface area contributed by atoms with Crippen LogP contribution in [0.1, 0.15) is 47.0 Å². The molecule has 6 heteroatoms. The van der Waals surface area contributed by atoms with Gasteiger partial charge in [0.1, 0.15) is 0 Å². The van der Waals surface area contributed by atoms with Gasteiger partial charge in [0.05, 0.1) is 16.6 Å². The lowest BCUT2D eigenvalue weighted by Gasteiger charge is -2.13. The first-order valence-electron chi connectivity index (χ1n) is 9.71. The van der Waals surface area contributed by atoms with Gasteiger partial charge in [0.25, 0.3) is 5.91 Å². The van der Waals surface area contributed by atoms with E-state index < -0.39 is 0 Å². The van der Waals surface area contributed by atoms with E-state index in [0.29, 0.717) is 12.6 Å². The smallest absolute Gasteiger partial charge is 0.259 e. The number of thiophene rings is 1. The number of fused-ring (bicyclic) bond motifs is 2. The summed E-state index contributed by atoms with van der Waals surface area (Å²) in [5, 5.41) is 5.08. The summed E-state index contributed by atoms with van der Waals surface area (Å²) in [5.74, 6) is 0.573. The van der Waals surface area contributed by atoms with Gasteiger partial charge < -0.3 is 9.30 Å². The van der Waals surface area contributed by atoms with Crippen molar-refractivity contribution in [3.63, 3.8) is 0 Å². The molecule has 2 aromatic heterocycles. The first-order chi connectivity index (χ1) is 13.3. The maximum atomic E-state index is 13.0. The van der Waals surface area contributed by atoms with E-state index in [-0.39, 0.29) is 5.91 Å². The fraction of sp³-hybridized carbons (Fsp3) is 0.429. The molecule has 0 saturated carbocycles. The maximum absolute atomic E-state index is 13.0. The van der Waals surface area contributed by atoms with Crippen molar-refractivity contribution in [2.24, 2.45) is 0 Å². The van der Waals surface area contributed by atoms with Crippen LogP contribution in [0.4, 0.5) is 5.95 Å². The van der Waals surface area contributed by atoms with Crippen molar-refractivity contribution in [2.75, 3.05) is 18.5 Å². The summed E-state index contributed by atoms with van der Waals surface area (Å²) in [6, 6.07) is 8.01. The Kier molecular flexibility index (Phi) is 5.55. The number of aromatic nitrogens is 2. The van der Waals surface area contributed by atoms with Crippen molar-refractivity contribution >= 4 is 34.2 Å². The fourth-order valence-electron chi connectivity index (χ4n) is 3.72. The zero-order chi connectivity index (χ0) is 18.6. The Morgan fingerprint density at radius 3 is 3.04 bits per heavy atom. The quantitative estimate of drug-likeness (QED) is 0.604. The first-order valence-corrected chi connectivity index (χ1v) is 10.6. The highest BCUT2D eigenvalue weighted by atomic mass is 32.1. The summed E-state index contributed by atoms with van der Waals surface area (Å²) in [7, 11) is 0. The van der Waals surface area contributed by atoms with Gasteiger partial charge in [0.2, 0.25) is 5.95 Å². The van der Waals surface area contributed by atoms with Crippen LogP contribution < -0.4 is 5.32 Å². The molecule has 142 valence electrons. The molecular weight excluding hydrogens is 358 g/mol. The minimum absolute atomic E-state index is 0.0456. The number of ether oxygens (including phenoxy) is 1. The van der Waals surface area contributed by atoms with Crippen molar-refractivity contribution in [2.45, 2.75) is 45.6 Å². The molecule has 0 saturated heterocycles. The van der Waals surface area contributed by atoms with E-state index in [2.05, 4.69) is 14.9 Å². The molecule has 0 spiro atoms. The van der Waals surface area contributed by atoms with Gasteiger partial charge in [-0.3, -0.25) is 10.1 Å². The van der Waals surface area contributed by atoms with Crippen LogP contribution >= 0.6 is 11.3 Å². The highest BCUT2D eigenvalue weighted by Crippen LogP contribution is 2.31. The minimum atomic E-state index is -0.0456. The van der Waals surface area contributed by atoms with Gasteiger partial charge in [-0.1, -0.05) is 12.1 Å². The number of benzene rings is 1. The molecule has 0 radical (unpaired) electrons. The number of carbonyl (C=O) groups is 1. The number of para-hydroxylation sites is 2. The number of nitrogens with zero attached hydrogens (tertiary/aromatic N) is 2. The van der Waals surface area contributed by atoms with Crippen molar-refractivity contribution < 1.29 is 9.53 Å². The Morgan fingerprint density at radius 1 is 1.30 bits per heavy atom. The summed E-state index contributed by atoms with van der Waals surface area (Å²) in [6.45, 7) is 4.18. The molecule has 2 heterocycles. The number of hydrogen-bond donors (Lipinski definition) is 1. The van der Waals surface area contributed by atoms with Gasteiger partial charge >= 0.3 is 0 Å². The summed E-state index contributed by atoms with van der Waals surface area (Å²) in [6.07, 6.45) is 5.38. The molecule has 0 fully saturated rings. The van der Waals surface area contributed by atoms with E-state index in [1.54, 1.807) is 11.3 Å². The van der Waals surface area contributed by atoms with Crippen LogP contribution in [0.2, 0.25) is 0 Å². The Hall–Kier alpha value is -2.18. The van der Waals surface area contributed by atoms with Gasteiger partial charge in [0, 0.05) is 30.0 Å². The molecule has 1 N–H and O–H groups in total. The van der Waals surface area contributed by atoms with Gasteiger partial charge in [-0.15, -0.1) is 11.3 Å². The third-order valence-corrected chi connectivity index (χ3v) is 6.15. The van der Waals surface area contributed by atoms with Crippen molar-refractivity contribution in [3.8, 4) is 0 Å². The lowest BCUT2D eigenvalue weighted by atomic mass is 9.96. The third-order valence-electron chi connectivity index (χ3n) is 5.06. The Morgan fingerprint density at radius 2 is 2.15 bits per heavy atom. The van der Waals surface area contributed by atoms with Crippen molar-refractivity contribution in [1.82, 2.24) is 9.55 Å². The molecule has 5 nitrogen and oxygen atoms in total. The first kappa shape index (κ1) is 18.2.